The maximum Gasteiger partial charge on any atom is 0.142 e. The Morgan fingerprint density at radius 1 is 1.17 bits per heavy atom. The summed E-state index contributed by atoms with van der Waals surface area (Å²) in [5.74, 6) is 0.156. The fourth-order valence-electron chi connectivity index (χ4n) is 2.80. The van der Waals surface area contributed by atoms with Crippen molar-refractivity contribution in [2.24, 2.45) is 0 Å². The number of hydrogen-bond donors (Lipinski definition) is 1. The third kappa shape index (κ3) is 2.16. The van der Waals surface area contributed by atoms with Crippen molar-refractivity contribution in [3.8, 4) is 12.1 Å². The lowest BCUT2D eigenvalue weighted by Gasteiger charge is -2.10. The number of anilines is 1. The molecule has 110 valence electrons. The first-order valence-corrected chi connectivity index (χ1v) is 7.03. The van der Waals surface area contributed by atoms with E-state index in [1.807, 2.05) is 38.1 Å². The number of allylic oxidation sites excluding steroid dienone is 3. The molecule has 1 aliphatic carbocycles. The van der Waals surface area contributed by atoms with Crippen LogP contribution >= 0.6 is 0 Å². The molecule has 23 heavy (non-hydrogen) atoms. The van der Waals surface area contributed by atoms with Gasteiger partial charge < -0.3 is 5.73 Å². The highest BCUT2D eigenvalue weighted by Gasteiger charge is 2.29. The topological polar surface area (TPSA) is 99.4 Å². The first kappa shape index (κ1) is 14.5. The van der Waals surface area contributed by atoms with Crippen LogP contribution in [0.25, 0.3) is 17.2 Å². The quantitative estimate of drug-likeness (QED) is 0.872. The number of rotatable bonds is 1. The van der Waals surface area contributed by atoms with Crippen LogP contribution in [0.1, 0.15) is 35.0 Å². The fraction of sp³-hybridized carbons (Fsp3) is 0.111. The lowest BCUT2D eigenvalue weighted by Crippen LogP contribution is -2.03. The smallest absolute Gasteiger partial charge is 0.142 e. The summed E-state index contributed by atoms with van der Waals surface area (Å²) in [6, 6.07) is 9.91. The Hall–Kier alpha value is -3.44. The van der Waals surface area contributed by atoms with E-state index in [1.54, 1.807) is 6.20 Å². The number of nitriles is 2. The molecule has 5 heteroatoms. The standard InChI is InChI=1S/C18H13N5/c1-10-13(7-12-5-3-4-6-22-12)16-11(2)15(9-20)18(21)23-17(16)14(10)8-19/h3-7H,1-2H3,(H2,21,23)/b13-7+. The second-order valence-electron chi connectivity index (χ2n) is 5.26. The molecule has 0 saturated carbocycles. The van der Waals surface area contributed by atoms with Gasteiger partial charge in [0.15, 0.2) is 0 Å². The number of pyridine rings is 2. The highest BCUT2D eigenvalue weighted by atomic mass is 14.9. The normalized spacial score (nSPS) is 14.5. The molecule has 2 aromatic rings. The van der Waals surface area contributed by atoms with Crippen LogP contribution in [-0.4, -0.2) is 9.97 Å². The van der Waals surface area contributed by atoms with Crippen LogP contribution in [0.3, 0.4) is 0 Å². The molecule has 0 fully saturated rings. The Kier molecular flexibility index (Phi) is 3.40. The lowest BCUT2D eigenvalue weighted by atomic mass is 9.96. The number of nitrogen functional groups attached to an aromatic ring is 1. The molecule has 1 aliphatic rings. The minimum absolute atomic E-state index is 0.156. The number of nitrogens with zero attached hydrogens (tertiary/aromatic N) is 4. The molecule has 0 bridgehead atoms. The monoisotopic (exact) mass is 299 g/mol. The molecule has 2 aromatic heterocycles. The number of aromatic nitrogens is 2. The van der Waals surface area contributed by atoms with Gasteiger partial charge in [-0.3, -0.25) is 4.98 Å². The summed E-state index contributed by atoms with van der Waals surface area (Å²) in [6.45, 7) is 3.70. The van der Waals surface area contributed by atoms with Crippen molar-refractivity contribution >= 4 is 23.0 Å². The van der Waals surface area contributed by atoms with Crippen molar-refractivity contribution in [3.63, 3.8) is 0 Å². The summed E-state index contributed by atoms with van der Waals surface area (Å²) in [5, 5.41) is 18.8. The molecule has 0 amide bonds. The van der Waals surface area contributed by atoms with Gasteiger partial charge in [-0.15, -0.1) is 0 Å². The van der Waals surface area contributed by atoms with Crippen molar-refractivity contribution in [2.45, 2.75) is 13.8 Å². The zero-order valence-corrected chi connectivity index (χ0v) is 12.8. The predicted molar refractivity (Wildman–Crippen MR) is 88.4 cm³/mol. The predicted octanol–water partition coefficient (Wildman–Crippen LogP) is 3.09. The minimum atomic E-state index is 0.156. The highest BCUT2D eigenvalue weighted by Crippen LogP contribution is 2.43. The lowest BCUT2D eigenvalue weighted by molar-refractivity contribution is 1.22. The van der Waals surface area contributed by atoms with E-state index in [4.69, 9.17) is 5.73 Å². The summed E-state index contributed by atoms with van der Waals surface area (Å²) in [7, 11) is 0. The average molecular weight is 299 g/mol. The molecule has 5 nitrogen and oxygen atoms in total. The first-order valence-electron chi connectivity index (χ1n) is 7.03. The van der Waals surface area contributed by atoms with Crippen LogP contribution in [0.4, 0.5) is 5.82 Å². The Morgan fingerprint density at radius 3 is 2.57 bits per heavy atom. The van der Waals surface area contributed by atoms with Crippen LogP contribution in [0, 0.1) is 29.6 Å². The van der Waals surface area contributed by atoms with E-state index >= 15 is 0 Å². The molecule has 0 atom stereocenters. The first-order chi connectivity index (χ1) is 11.1. The molecule has 0 aromatic carbocycles. The van der Waals surface area contributed by atoms with Gasteiger partial charge in [0.1, 0.15) is 18.0 Å². The van der Waals surface area contributed by atoms with E-state index in [0.29, 0.717) is 16.8 Å². The van der Waals surface area contributed by atoms with E-state index in [2.05, 4.69) is 22.1 Å². The number of fused-ring (bicyclic) bond motifs is 1. The van der Waals surface area contributed by atoms with Crippen LogP contribution in [0.15, 0.2) is 30.0 Å². The Balaban J connectivity index is 2.35. The Bertz CT molecular complexity index is 954. The highest BCUT2D eigenvalue weighted by molar-refractivity contribution is 6.08. The molecule has 2 N–H and O–H groups in total. The van der Waals surface area contributed by atoms with E-state index in [0.717, 1.165) is 28.0 Å². The summed E-state index contributed by atoms with van der Waals surface area (Å²) in [5.41, 5.74) is 11.2. The molecule has 2 heterocycles. The molecular formula is C18H13N5. The van der Waals surface area contributed by atoms with Gasteiger partial charge in [0.05, 0.1) is 22.5 Å². The zero-order valence-electron chi connectivity index (χ0n) is 12.8. The van der Waals surface area contributed by atoms with E-state index in [9.17, 15) is 10.5 Å². The van der Waals surface area contributed by atoms with Crippen LogP contribution in [0.2, 0.25) is 0 Å². The summed E-state index contributed by atoms with van der Waals surface area (Å²) < 4.78 is 0. The van der Waals surface area contributed by atoms with Crippen LogP contribution in [0.5, 0.6) is 0 Å². The Labute approximate surface area is 134 Å². The largest absolute Gasteiger partial charge is 0.383 e. The van der Waals surface area contributed by atoms with Crippen molar-refractivity contribution in [3.05, 3.63) is 58.0 Å². The molecular weight excluding hydrogens is 286 g/mol. The zero-order chi connectivity index (χ0) is 16.6. The van der Waals surface area contributed by atoms with Crippen molar-refractivity contribution in [2.75, 3.05) is 5.73 Å². The number of hydrogen-bond acceptors (Lipinski definition) is 5. The SMILES string of the molecule is CC1=C(C#N)c2nc(N)c(C#N)c(C)c2/C1=C/c1ccccn1. The van der Waals surface area contributed by atoms with Crippen molar-refractivity contribution in [1.82, 2.24) is 9.97 Å². The van der Waals surface area contributed by atoms with Gasteiger partial charge in [0, 0.05) is 11.8 Å². The van der Waals surface area contributed by atoms with Gasteiger partial charge >= 0.3 is 0 Å². The van der Waals surface area contributed by atoms with E-state index < -0.39 is 0 Å². The fourth-order valence-corrected chi connectivity index (χ4v) is 2.80. The second-order valence-corrected chi connectivity index (χ2v) is 5.26. The summed E-state index contributed by atoms with van der Waals surface area (Å²) >= 11 is 0. The third-order valence-corrected chi connectivity index (χ3v) is 3.96. The van der Waals surface area contributed by atoms with Gasteiger partial charge in [-0.2, -0.15) is 10.5 Å². The van der Waals surface area contributed by atoms with Crippen molar-refractivity contribution in [1.29, 1.82) is 10.5 Å². The molecule has 0 aliphatic heterocycles. The maximum atomic E-state index is 9.48. The second kappa shape index (κ2) is 5.40. The van der Waals surface area contributed by atoms with Gasteiger partial charge in [-0.05, 0) is 48.8 Å². The van der Waals surface area contributed by atoms with Gasteiger partial charge in [0.25, 0.3) is 0 Å². The summed E-state index contributed by atoms with van der Waals surface area (Å²) in [4.78, 5) is 8.59. The third-order valence-electron chi connectivity index (χ3n) is 3.96. The average Bonchev–Trinajstić information content (AvgIpc) is 2.80. The summed E-state index contributed by atoms with van der Waals surface area (Å²) in [6.07, 6.45) is 3.62. The Morgan fingerprint density at radius 2 is 1.96 bits per heavy atom. The van der Waals surface area contributed by atoms with Gasteiger partial charge in [-0.1, -0.05) is 6.07 Å². The molecule has 0 spiro atoms. The van der Waals surface area contributed by atoms with Gasteiger partial charge in [0.2, 0.25) is 0 Å². The molecule has 0 radical (unpaired) electrons. The van der Waals surface area contributed by atoms with Crippen molar-refractivity contribution < 1.29 is 0 Å². The molecule has 0 unspecified atom stereocenters. The van der Waals surface area contributed by atoms with Crippen LogP contribution < -0.4 is 5.73 Å². The molecule has 0 saturated heterocycles. The molecule has 3 rings (SSSR count). The van der Waals surface area contributed by atoms with E-state index in [1.165, 1.54) is 0 Å². The number of nitrogens with two attached hydrogens (primary N) is 1. The van der Waals surface area contributed by atoms with Gasteiger partial charge in [-0.25, -0.2) is 4.98 Å². The maximum absolute atomic E-state index is 9.48. The van der Waals surface area contributed by atoms with Crippen LogP contribution in [-0.2, 0) is 0 Å². The minimum Gasteiger partial charge on any atom is -0.383 e. The van der Waals surface area contributed by atoms with E-state index in [-0.39, 0.29) is 5.82 Å².